The summed E-state index contributed by atoms with van der Waals surface area (Å²) in [6, 6.07) is 0.287. The lowest BCUT2D eigenvalue weighted by Crippen LogP contribution is -2.03. The summed E-state index contributed by atoms with van der Waals surface area (Å²) in [5, 5.41) is 8.38. The third-order valence-corrected chi connectivity index (χ3v) is 4.47. The highest BCUT2D eigenvalue weighted by molar-refractivity contribution is 7.71. The highest BCUT2D eigenvalue weighted by atomic mass is 32.1. The average Bonchev–Trinajstić information content (AvgIpc) is 2.81. The molecule has 0 bridgehead atoms. The average molecular weight is 282 g/mol. The number of hydrogen-bond donors (Lipinski definition) is 1. The minimum atomic E-state index is 0.287. The van der Waals surface area contributed by atoms with Crippen LogP contribution in [-0.2, 0) is 0 Å². The van der Waals surface area contributed by atoms with Crippen molar-refractivity contribution in [3.63, 3.8) is 0 Å². The molecule has 18 heavy (non-hydrogen) atoms. The number of aryl methyl sites for hydroxylation is 1. The van der Waals surface area contributed by atoms with Gasteiger partial charge < -0.3 is 0 Å². The quantitative estimate of drug-likeness (QED) is 0.863. The molecule has 0 unspecified atom stereocenters. The predicted octanol–water partition coefficient (Wildman–Crippen LogP) is 4.08. The molecule has 0 spiro atoms. The molecular weight excluding hydrogens is 264 g/mol. The van der Waals surface area contributed by atoms with Crippen LogP contribution in [0.4, 0.5) is 0 Å². The van der Waals surface area contributed by atoms with Gasteiger partial charge in [-0.2, -0.15) is 5.10 Å². The monoisotopic (exact) mass is 282 g/mol. The molecule has 0 saturated carbocycles. The Kier molecular flexibility index (Phi) is 3.68. The van der Waals surface area contributed by atoms with Gasteiger partial charge in [0.2, 0.25) is 0 Å². The minimum Gasteiger partial charge on any atom is -0.297 e. The van der Waals surface area contributed by atoms with Crippen molar-refractivity contribution in [2.24, 2.45) is 0 Å². The molecule has 0 saturated heterocycles. The van der Waals surface area contributed by atoms with Crippen molar-refractivity contribution in [2.75, 3.05) is 0 Å². The Labute approximate surface area is 116 Å². The van der Waals surface area contributed by atoms with Gasteiger partial charge in [0.25, 0.3) is 0 Å². The molecule has 4 nitrogen and oxygen atoms in total. The number of nitrogens with zero attached hydrogens (tertiary/aromatic N) is 3. The number of aromatic amines is 1. The van der Waals surface area contributed by atoms with E-state index in [1.807, 2.05) is 11.5 Å². The molecule has 0 amide bonds. The number of nitrogens with one attached hydrogen (secondary N) is 1. The number of H-pyrrole nitrogens is 1. The van der Waals surface area contributed by atoms with Crippen molar-refractivity contribution in [1.82, 2.24) is 19.7 Å². The van der Waals surface area contributed by atoms with Crippen molar-refractivity contribution in [1.29, 1.82) is 0 Å². The van der Waals surface area contributed by atoms with Gasteiger partial charge in [-0.1, -0.05) is 13.8 Å². The number of hydrogen-bond acceptors (Lipinski definition) is 4. The molecule has 98 valence electrons. The van der Waals surface area contributed by atoms with Crippen molar-refractivity contribution < 1.29 is 0 Å². The molecule has 0 aliphatic rings. The Morgan fingerprint density at radius 3 is 2.44 bits per heavy atom. The van der Waals surface area contributed by atoms with E-state index < -0.39 is 0 Å². The van der Waals surface area contributed by atoms with E-state index in [-0.39, 0.29) is 6.04 Å². The lowest BCUT2D eigenvalue weighted by Gasteiger charge is -2.09. The van der Waals surface area contributed by atoms with Crippen LogP contribution in [0.25, 0.3) is 10.7 Å². The summed E-state index contributed by atoms with van der Waals surface area (Å²) in [5.41, 5.74) is 1.03. The van der Waals surface area contributed by atoms with Gasteiger partial charge in [0.15, 0.2) is 10.6 Å². The first kappa shape index (κ1) is 13.4. The van der Waals surface area contributed by atoms with Gasteiger partial charge in [-0.3, -0.25) is 9.67 Å². The smallest absolute Gasteiger partial charge is 0.195 e. The fourth-order valence-corrected chi connectivity index (χ4v) is 3.21. The third kappa shape index (κ3) is 2.27. The lowest BCUT2D eigenvalue weighted by molar-refractivity contribution is 0.597. The van der Waals surface area contributed by atoms with E-state index in [4.69, 9.17) is 12.2 Å². The van der Waals surface area contributed by atoms with Crippen molar-refractivity contribution >= 4 is 23.6 Å². The topological polar surface area (TPSA) is 46.5 Å². The van der Waals surface area contributed by atoms with Crippen LogP contribution in [0.15, 0.2) is 0 Å². The fourth-order valence-electron chi connectivity index (χ4n) is 1.82. The molecule has 2 heterocycles. The number of thiazole rings is 1. The summed E-state index contributed by atoms with van der Waals surface area (Å²) >= 11 is 6.98. The second-order valence-corrected chi connectivity index (χ2v) is 6.35. The van der Waals surface area contributed by atoms with Crippen LogP contribution in [-0.4, -0.2) is 19.7 Å². The van der Waals surface area contributed by atoms with Crippen molar-refractivity contribution in [3.05, 3.63) is 15.5 Å². The molecule has 2 aromatic heterocycles. The molecule has 0 aromatic carbocycles. The Bertz CT molecular complexity index is 604. The van der Waals surface area contributed by atoms with Crippen LogP contribution >= 0.6 is 23.6 Å². The van der Waals surface area contributed by atoms with E-state index in [0.717, 1.165) is 21.4 Å². The maximum absolute atomic E-state index is 5.28. The highest BCUT2D eigenvalue weighted by Gasteiger charge is 2.18. The summed E-state index contributed by atoms with van der Waals surface area (Å²) in [7, 11) is 0. The Hall–Kier alpha value is -1.01. The summed E-state index contributed by atoms with van der Waals surface area (Å²) in [6.07, 6.45) is 0. The Morgan fingerprint density at radius 2 is 1.94 bits per heavy atom. The molecule has 2 aromatic rings. The summed E-state index contributed by atoms with van der Waals surface area (Å²) < 4.78 is 2.71. The van der Waals surface area contributed by atoms with Crippen molar-refractivity contribution in [2.45, 2.75) is 46.6 Å². The van der Waals surface area contributed by atoms with E-state index >= 15 is 0 Å². The van der Waals surface area contributed by atoms with Gasteiger partial charge in [0, 0.05) is 12.0 Å². The van der Waals surface area contributed by atoms with Crippen LogP contribution in [0.5, 0.6) is 0 Å². The zero-order chi connectivity index (χ0) is 13.4. The van der Waals surface area contributed by atoms with Crippen molar-refractivity contribution in [3.8, 4) is 10.7 Å². The molecule has 0 aliphatic carbocycles. The zero-order valence-electron chi connectivity index (χ0n) is 11.3. The molecule has 0 aliphatic heterocycles. The maximum atomic E-state index is 5.28. The van der Waals surface area contributed by atoms with Crippen LogP contribution in [0, 0.1) is 11.7 Å². The predicted molar refractivity (Wildman–Crippen MR) is 77.7 cm³/mol. The van der Waals surface area contributed by atoms with E-state index in [1.54, 1.807) is 11.3 Å². The zero-order valence-corrected chi connectivity index (χ0v) is 12.9. The normalized spacial score (nSPS) is 11.7. The van der Waals surface area contributed by atoms with Gasteiger partial charge >= 0.3 is 0 Å². The van der Waals surface area contributed by atoms with Gasteiger partial charge in [-0.25, -0.2) is 4.98 Å². The van der Waals surface area contributed by atoms with Crippen LogP contribution < -0.4 is 0 Å². The molecular formula is C12H18N4S2. The molecule has 6 heteroatoms. The number of aromatic nitrogens is 4. The first-order valence-electron chi connectivity index (χ1n) is 6.06. The van der Waals surface area contributed by atoms with Crippen LogP contribution in [0.3, 0.4) is 0 Å². The largest absolute Gasteiger partial charge is 0.297 e. The summed E-state index contributed by atoms with van der Waals surface area (Å²) in [4.78, 5) is 5.72. The Morgan fingerprint density at radius 1 is 1.28 bits per heavy atom. The SMILES string of the molecule is Cc1nc(C(C)C)sc1-c1n[nH]c(=S)n1C(C)C. The maximum Gasteiger partial charge on any atom is 0.195 e. The van der Waals surface area contributed by atoms with Gasteiger partial charge in [-0.05, 0) is 33.0 Å². The molecule has 0 radical (unpaired) electrons. The van der Waals surface area contributed by atoms with Crippen LogP contribution in [0.1, 0.15) is 50.4 Å². The van der Waals surface area contributed by atoms with E-state index in [9.17, 15) is 0 Å². The van der Waals surface area contributed by atoms with Crippen LogP contribution in [0.2, 0.25) is 0 Å². The van der Waals surface area contributed by atoms with Gasteiger partial charge in [0.05, 0.1) is 15.6 Å². The lowest BCUT2D eigenvalue weighted by atomic mass is 10.2. The first-order valence-corrected chi connectivity index (χ1v) is 7.29. The molecule has 1 N–H and O–H groups in total. The molecule has 0 atom stereocenters. The van der Waals surface area contributed by atoms with E-state index in [1.165, 1.54) is 0 Å². The van der Waals surface area contributed by atoms with Gasteiger partial charge in [-0.15, -0.1) is 11.3 Å². The standard InChI is InChI=1S/C12H18N4S2/c1-6(2)11-13-8(5)9(18-11)10-14-15-12(17)16(10)7(3)4/h6-7H,1-5H3,(H,15,17). The highest BCUT2D eigenvalue weighted by Crippen LogP contribution is 2.33. The van der Waals surface area contributed by atoms with E-state index in [0.29, 0.717) is 10.7 Å². The van der Waals surface area contributed by atoms with E-state index in [2.05, 4.69) is 42.9 Å². The second kappa shape index (κ2) is 4.93. The second-order valence-electron chi connectivity index (χ2n) is 4.94. The number of rotatable bonds is 3. The fraction of sp³-hybridized carbons (Fsp3) is 0.583. The first-order chi connectivity index (χ1) is 8.41. The minimum absolute atomic E-state index is 0.287. The molecule has 2 rings (SSSR count). The third-order valence-electron chi connectivity index (χ3n) is 2.73. The summed E-state index contributed by atoms with van der Waals surface area (Å²) in [5.74, 6) is 1.34. The molecule has 0 fully saturated rings. The van der Waals surface area contributed by atoms with Gasteiger partial charge in [0.1, 0.15) is 0 Å². The Balaban J connectivity index is 2.59. The summed E-state index contributed by atoms with van der Waals surface area (Å²) in [6.45, 7) is 10.5.